The number of hydrogen-bond donors (Lipinski definition) is 1. The first-order valence-electron chi connectivity index (χ1n) is 5.41. The minimum absolute atomic E-state index is 0.320. The van der Waals surface area contributed by atoms with Crippen molar-refractivity contribution < 1.29 is 5.11 Å². The highest BCUT2D eigenvalue weighted by atomic mass is 16.2. The van der Waals surface area contributed by atoms with Crippen LogP contribution in [0.2, 0.25) is 0 Å². The summed E-state index contributed by atoms with van der Waals surface area (Å²) >= 11 is 0. The van der Waals surface area contributed by atoms with Crippen LogP contribution in [0.25, 0.3) is 0 Å². The standard InChI is InChI=1S/C13H20O/c1-11-6-8-13(9-7-11)12(2)5-3-4-10-14/h6-9,12,14H,3-5,10H2,1-2H3. The van der Waals surface area contributed by atoms with Gasteiger partial charge in [-0.05, 0) is 31.2 Å². The Balaban J connectivity index is 2.43. The van der Waals surface area contributed by atoms with Gasteiger partial charge in [-0.15, -0.1) is 0 Å². The summed E-state index contributed by atoms with van der Waals surface area (Å²) in [6.45, 7) is 4.68. The SMILES string of the molecule is Cc1ccc(C(C)CCCCO)cc1. The zero-order valence-electron chi connectivity index (χ0n) is 9.16. The van der Waals surface area contributed by atoms with Crippen molar-refractivity contribution in [3.63, 3.8) is 0 Å². The Morgan fingerprint density at radius 3 is 2.36 bits per heavy atom. The normalized spacial score (nSPS) is 12.8. The molecular weight excluding hydrogens is 172 g/mol. The molecule has 1 atom stereocenters. The summed E-state index contributed by atoms with van der Waals surface area (Å²) in [5.74, 6) is 0.613. The molecule has 0 heterocycles. The highest BCUT2D eigenvalue weighted by Gasteiger charge is 2.03. The molecule has 1 heteroatoms. The van der Waals surface area contributed by atoms with Gasteiger partial charge in [0.15, 0.2) is 0 Å². The Labute approximate surface area is 86.8 Å². The zero-order valence-corrected chi connectivity index (χ0v) is 9.16. The number of benzene rings is 1. The summed E-state index contributed by atoms with van der Waals surface area (Å²) in [5, 5.41) is 8.69. The van der Waals surface area contributed by atoms with E-state index < -0.39 is 0 Å². The lowest BCUT2D eigenvalue weighted by molar-refractivity contribution is 0.281. The molecule has 0 aliphatic carbocycles. The topological polar surface area (TPSA) is 20.2 Å². The van der Waals surface area contributed by atoms with Gasteiger partial charge in [0.25, 0.3) is 0 Å². The largest absolute Gasteiger partial charge is 0.396 e. The number of aliphatic hydroxyl groups is 1. The molecule has 0 fully saturated rings. The molecule has 0 saturated carbocycles. The second-order valence-electron chi connectivity index (χ2n) is 4.03. The molecule has 0 bridgehead atoms. The van der Waals surface area contributed by atoms with Gasteiger partial charge in [-0.3, -0.25) is 0 Å². The van der Waals surface area contributed by atoms with Crippen molar-refractivity contribution in [2.75, 3.05) is 6.61 Å². The van der Waals surface area contributed by atoms with Crippen LogP contribution in [0.5, 0.6) is 0 Å². The van der Waals surface area contributed by atoms with Gasteiger partial charge in [-0.25, -0.2) is 0 Å². The number of aryl methyl sites for hydroxylation is 1. The summed E-state index contributed by atoms with van der Waals surface area (Å²) < 4.78 is 0. The fourth-order valence-corrected chi connectivity index (χ4v) is 1.62. The molecule has 0 aromatic heterocycles. The van der Waals surface area contributed by atoms with Crippen molar-refractivity contribution in [3.05, 3.63) is 35.4 Å². The van der Waals surface area contributed by atoms with E-state index in [4.69, 9.17) is 5.11 Å². The number of aliphatic hydroxyl groups excluding tert-OH is 1. The molecule has 1 N–H and O–H groups in total. The third kappa shape index (κ3) is 3.51. The number of unbranched alkanes of at least 4 members (excludes halogenated alkanes) is 1. The lowest BCUT2D eigenvalue weighted by Gasteiger charge is -2.11. The lowest BCUT2D eigenvalue weighted by atomic mass is 9.95. The van der Waals surface area contributed by atoms with Gasteiger partial charge >= 0.3 is 0 Å². The third-order valence-electron chi connectivity index (χ3n) is 2.69. The maximum Gasteiger partial charge on any atom is 0.0431 e. The van der Waals surface area contributed by atoms with E-state index in [2.05, 4.69) is 38.1 Å². The predicted molar refractivity (Wildman–Crippen MR) is 60.5 cm³/mol. The van der Waals surface area contributed by atoms with Crippen LogP contribution in [-0.4, -0.2) is 11.7 Å². The van der Waals surface area contributed by atoms with Gasteiger partial charge < -0.3 is 5.11 Å². The average Bonchev–Trinajstić information content (AvgIpc) is 2.19. The van der Waals surface area contributed by atoms with Crippen molar-refractivity contribution >= 4 is 0 Å². The average molecular weight is 192 g/mol. The Morgan fingerprint density at radius 1 is 1.14 bits per heavy atom. The smallest absolute Gasteiger partial charge is 0.0431 e. The molecule has 14 heavy (non-hydrogen) atoms. The van der Waals surface area contributed by atoms with E-state index in [1.54, 1.807) is 0 Å². The van der Waals surface area contributed by atoms with Crippen LogP contribution < -0.4 is 0 Å². The van der Waals surface area contributed by atoms with Gasteiger partial charge in [-0.2, -0.15) is 0 Å². The van der Waals surface area contributed by atoms with Crippen molar-refractivity contribution in [2.24, 2.45) is 0 Å². The Bertz CT molecular complexity index is 250. The van der Waals surface area contributed by atoms with Crippen molar-refractivity contribution in [2.45, 2.75) is 39.0 Å². The first-order valence-corrected chi connectivity index (χ1v) is 5.41. The van der Waals surface area contributed by atoms with Crippen molar-refractivity contribution in [1.29, 1.82) is 0 Å². The molecule has 0 spiro atoms. The minimum atomic E-state index is 0.320. The molecule has 1 nitrogen and oxygen atoms in total. The lowest BCUT2D eigenvalue weighted by Crippen LogP contribution is -1.94. The van der Waals surface area contributed by atoms with Crippen LogP contribution in [0.15, 0.2) is 24.3 Å². The Kier molecular flexibility index (Phi) is 4.68. The van der Waals surface area contributed by atoms with E-state index >= 15 is 0 Å². The van der Waals surface area contributed by atoms with Gasteiger partial charge in [0, 0.05) is 6.61 Å². The highest BCUT2D eigenvalue weighted by Crippen LogP contribution is 2.21. The van der Waals surface area contributed by atoms with Crippen LogP contribution in [0.4, 0.5) is 0 Å². The second kappa shape index (κ2) is 5.82. The third-order valence-corrected chi connectivity index (χ3v) is 2.69. The van der Waals surface area contributed by atoms with E-state index in [9.17, 15) is 0 Å². The minimum Gasteiger partial charge on any atom is -0.396 e. The summed E-state index contributed by atoms with van der Waals surface area (Å²) in [6.07, 6.45) is 3.21. The quantitative estimate of drug-likeness (QED) is 0.710. The van der Waals surface area contributed by atoms with Crippen LogP contribution in [0, 0.1) is 6.92 Å². The first kappa shape index (κ1) is 11.3. The molecular formula is C13H20O. The Morgan fingerprint density at radius 2 is 1.79 bits per heavy atom. The van der Waals surface area contributed by atoms with E-state index in [-0.39, 0.29) is 0 Å². The summed E-state index contributed by atoms with van der Waals surface area (Å²) in [7, 11) is 0. The Hall–Kier alpha value is -0.820. The van der Waals surface area contributed by atoms with Gasteiger partial charge in [0.05, 0.1) is 0 Å². The second-order valence-corrected chi connectivity index (χ2v) is 4.03. The fourth-order valence-electron chi connectivity index (χ4n) is 1.62. The molecule has 0 amide bonds. The van der Waals surface area contributed by atoms with E-state index in [1.807, 2.05) is 0 Å². The van der Waals surface area contributed by atoms with Gasteiger partial charge in [-0.1, -0.05) is 43.2 Å². The van der Waals surface area contributed by atoms with E-state index in [0.717, 1.165) is 12.8 Å². The molecule has 1 unspecified atom stereocenters. The van der Waals surface area contributed by atoms with Crippen LogP contribution in [0.1, 0.15) is 43.2 Å². The summed E-state index contributed by atoms with van der Waals surface area (Å²) in [4.78, 5) is 0. The van der Waals surface area contributed by atoms with Gasteiger partial charge in [0.2, 0.25) is 0 Å². The summed E-state index contributed by atoms with van der Waals surface area (Å²) in [6, 6.07) is 8.74. The molecule has 0 aliphatic heterocycles. The molecule has 1 rings (SSSR count). The highest BCUT2D eigenvalue weighted by molar-refractivity contribution is 5.23. The molecule has 78 valence electrons. The molecule has 0 radical (unpaired) electrons. The molecule has 1 aromatic carbocycles. The van der Waals surface area contributed by atoms with Crippen molar-refractivity contribution in [1.82, 2.24) is 0 Å². The zero-order chi connectivity index (χ0) is 10.4. The van der Waals surface area contributed by atoms with Crippen LogP contribution >= 0.6 is 0 Å². The maximum atomic E-state index is 8.69. The van der Waals surface area contributed by atoms with Crippen LogP contribution in [-0.2, 0) is 0 Å². The monoisotopic (exact) mass is 192 g/mol. The van der Waals surface area contributed by atoms with E-state index in [1.165, 1.54) is 17.5 Å². The first-order chi connectivity index (χ1) is 6.74. The van der Waals surface area contributed by atoms with Crippen LogP contribution in [0.3, 0.4) is 0 Å². The van der Waals surface area contributed by atoms with Gasteiger partial charge in [0.1, 0.15) is 0 Å². The van der Waals surface area contributed by atoms with Crippen molar-refractivity contribution in [3.8, 4) is 0 Å². The van der Waals surface area contributed by atoms with E-state index in [0.29, 0.717) is 12.5 Å². The molecule has 0 saturated heterocycles. The maximum absolute atomic E-state index is 8.69. The summed E-state index contributed by atoms with van der Waals surface area (Å²) in [5.41, 5.74) is 2.73. The number of rotatable bonds is 5. The fraction of sp³-hybridized carbons (Fsp3) is 0.538. The predicted octanol–water partition coefficient (Wildman–Crippen LogP) is 3.26. The number of hydrogen-bond acceptors (Lipinski definition) is 1. The molecule has 1 aromatic rings. The molecule has 0 aliphatic rings.